The Kier molecular flexibility index (Phi) is 4.84. The number of hydrogen-bond acceptors (Lipinski definition) is 6. The first kappa shape index (κ1) is 13.9. The van der Waals surface area contributed by atoms with Crippen LogP contribution in [0.1, 0.15) is 25.7 Å². The van der Waals surface area contributed by atoms with Gasteiger partial charge < -0.3 is 16.4 Å². The fraction of sp³-hybridized carbons (Fsp3) is 0.583. The summed E-state index contributed by atoms with van der Waals surface area (Å²) < 4.78 is 0. The Bertz CT molecular complexity index is 450. The lowest BCUT2D eigenvalue weighted by Crippen LogP contribution is -2.25. The van der Waals surface area contributed by atoms with E-state index < -0.39 is 0 Å². The third-order valence-electron chi connectivity index (χ3n) is 2.74. The molecule has 104 valence electrons. The summed E-state index contributed by atoms with van der Waals surface area (Å²) in [6, 6.07) is 2.13. The summed E-state index contributed by atoms with van der Waals surface area (Å²) in [7, 11) is 0. The largest absolute Gasteiger partial charge is 0.383 e. The number of aromatic nitrogens is 2. The molecule has 7 heteroatoms. The Balaban J connectivity index is 1.69. The molecule has 1 aliphatic rings. The molecule has 1 heterocycles. The molecule has 0 bridgehead atoms. The number of amides is 1. The van der Waals surface area contributed by atoms with E-state index in [0.717, 1.165) is 19.3 Å². The van der Waals surface area contributed by atoms with Gasteiger partial charge in [0.25, 0.3) is 0 Å². The lowest BCUT2D eigenvalue weighted by Gasteiger charge is -2.07. The van der Waals surface area contributed by atoms with Gasteiger partial charge in [-0.15, -0.1) is 0 Å². The molecule has 2 rings (SSSR count). The highest BCUT2D eigenvalue weighted by Crippen LogP contribution is 2.18. The van der Waals surface area contributed by atoms with Gasteiger partial charge in [-0.3, -0.25) is 4.79 Å². The maximum absolute atomic E-state index is 11.5. The maximum atomic E-state index is 11.5. The minimum absolute atomic E-state index is 0.135. The lowest BCUT2D eigenvalue weighted by molar-refractivity contribution is -0.121. The van der Waals surface area contributed by atoms with E-state index >= 15 is 0 Å². The summed E-state index contributed by atoms with van der Waals surface area (Å²) in [4.78, 5) is 19.8. The second kappa shape index (κ2) is 6.60. The minimum atomic E-state index is 0.135. The molecule has 6 nitrogen and oxygen atoms in total. The highest BCUT2D eigenvalue weighted by Gasteiger charge is 2.22. The highest BCUT2D eigenvalue weighted by molar-refractivity contribution is 7.98. The van der Waals surface area contributed by atoms with Gasteiger partial charge in [-0.25, -0.2) is 9.97 Å². The third-order valence-corrected chi connectivity index (χ3v) is 3.28. The Morgan fingerprint density at radius 2 is 2.32 bits per heavy atom. The van der Waals surface area contributed by atoms with E-state index in [9.17, 15) is 4.79 Å². The summed E-state index contributed by atoms with van der Waals surface area (Å²) >= 11 is 1.45. The molecule has 1 aliphatic carbocycles. The van der Waals surface area contributed by atoms with E-state index in [4.69, 9.17) is 5.73 Å². The molecule has 0 aromatic carbocycles. The van der Waals surface area contributed by atoms with E-state index in [-0.39, 0.29) is 5.91 Å². The van der Waals surface area contributed by atoms with Crippen molar-refractivity contribution in [3.05, 3.63) is 6.07 Å². The van der Waals surface area contributed by atoms with E-state index in [1.54, 1.807) is 6.07 Å². The van der Waals surface area contributed by atoms with Crippen LogP contribution < -0.4 is 16.4 Å². The van der Waals surface area contributed by atoms with Crippen LogP contribution in [0.25, 0.3) is 0 Å². The lowest BCUT2D eigenvalue weighted by atomic mass is 10.3. The SMILES string of the molecule is CSc1nc(N)cc(NCCCC(=O)NC2CC2)n1. The first-order chi connectivity index (χ1) is 9.17. The quantitative estimate of drug-likeness (QED) is 0.396. The van der Waals surface area contributed by atoms with Gasteiger partial charge in [-0.05, 0) is 25.5 Å². The first-order valence-corrected chi connectivity index (χ1v) is 7.61. The molecule has 0 unspecified atom stereocenters. The number of hydrogen-bond donors (Lipinski definition) is 3. The number of anilines is 2. The van der Waals surface area contributed by atoms with Crippen LogP contribution in [0, 0.1) is 0 Å². The van der Waals surface area contributed by atoms with Crippen molar-refractivity contribution < 1.29 is 4.79 Å². The van der Waals surface area contributed by atoms with E-state index in [1.165, 1.54) is 11.8 Å². The molecule has 0 aliphatic heterocycles. The van der Waals surface area contributed by atoms with Crippen molar-refractivity contribution in [2.45, 2.75) is 36.9 Å². The van der Waals surface area contributed by atoms with Gasteiger partial charge in [-0.2, -0.15) is 0 Å². The normalized spacial score (nSPS) is 14.2. The summed E-state index contributed by atoms with van der Waals surface area (Å²) in [5.41, 5.74) is 5.68. The number of nitrogens with zero attached hydrogens (tertiary/aromatic N) is 2. The number of thioether (sulfide) groups is 1. The Hall–Kier alpha value is -1.50. The molecule has 0 saturated heterocycles. The third kappa shape index (κ3) is 4.94. The van der Waals surface area contributed by atoms with Crippen molar-refractivity contribution in [1.82, 2.24) is 15.3 Å². The van der Waals surface area contributed by atoms with Crippen molar-refractivity contribution in [3.8, 4) is 0 Å². The van der Waals surface area contributed by atoms with Crippen LogP contribution in [-0.4, -0.2) is 34.7 Å². The van der Waals surface area contributed by atoms with Crippen LogP contribution in [0.15, 0.2) is 11.2 Å². The second-order valence-electron chi connectivity index (χ2n) is 4.54. The zero-order valence-corrected chi connectivity index (χ0v) is 11.8. The smallest absolute Gasteiger partial charge is 0.220 e. The van der Waals surface area contributed by atoms with Crippen molar-refractivity contribution in [2.24, 2.45) is 0 Å². The molecular weight excluding hydrogens is 262 g/mol. The molecule has 19 heavy (non-hydrogen) atoms. The Labute approximate surface area is 117 Å². The van der Waals surface area contributed by atoms with Gasteiger partial charge >= 0.3 is 0 Å². The van der Waals surface area contributed by atoms with Crippen LogP contribution in [0.5, 0.6) is 0 Å². The second-order valence-corrected chi connectivity index (χ2v) is 5.31. The maximum Gasteiger partial charge on any atom is 0.220 e. The number of nitrogen functional groups attached to an aromatic ring is 1. The van der Waals surface area contributed by atoms with Gasteiger partial charge in [-0.1, -0.05) is 11.8 Å². The topological polar surface area (TPSA) is 92.9 Å². The number of carbonyl (C=O) groups excluding carboxylic acids is 1. The summed E-state index contributed by atoms with van der Waals surface area (Å²) in [5.74, 6) is 1.30. The van der Waals surface area contributed by atoms with Crippen LogP contribution in [0.3, 0.4) is 0 Å². The molecule has 1 saturated carbocycles. The zero-order chi connectivity index (χ0) is 13.7. The van der Waals surface area contributed by atoms with Gasteiger partial charge in [0, 0.05) is 25.1 Å². The molecule has 4 N–H and O–H groups in total. The molecule has 1 aromatic heterocycles. The van der Waals surface area contributed by atoms with Crippen molar-refractivity contribution >= 4 is 29.3 Å². The van der Waals surface area contributed by atoms with E-state index in [2.05, 4.69) is 20.6 Å². The number of rotatable bonds is 7. The molecule has 1 aromatic rings. The van der Waals surface area contributed by atoms with Crippen LogP contribution >= 0.6 is 11.8 Å². The van der Waals surface area contributed by atoms with Crippen LogP contribution in [0.4, 0.5) is 11.6 Å². The first-order valence-electron chi connectivity index (χ1n) is 6.39. The molecule has 0 radical (unpaired) electrons. The fourth-order valence-corrected chi connectivity index (χ4v) is 2.00. The van der Waals surface area contributed by atoms with E-state index in [1.807, 2.05) is 6.26 Å². The standard InChI is InChI=1S/C12H19N5OS/c1-19-12-16-9(13)7-10(17-12)14-6-2-3-11(18)15-8-4-5-8/h7-8H,2-6H2,1H3,(H,15,18)(H3,13,14,16,17). The predicted molar refractivity (Wildman–Crippen MR) is 77.1 cm³/mol. The Morgan fingerprint density at radius 1 is 1.53 bits per heavy atom. The van der Waals surface area contributed by atoms with E-state index in [0.29, 0.717) is 35.8 Å². The van der Waals surface area contributed by atoms with Crippen molar-refractivity contribution in [2.75, 3.05) is 23.9 Å². The average molecular weight is 281 g/mol. The van der Waals surface area contributed by atoms with Crippen LogP contribution in [-0.2, 0) is 4.79 Å². The summed E-state index contributed by atoms with van der Waals surface area (Å²) in [6.07, 6.45) is 5.47. The van der Waals surface area contributed by atoms with Crippen molar-refractivity contribution in [1.29, 1.82) is 0 Å². The fourth-order valence-electron chi connectivity index (χ4n) is 1.62. The molecular formula is C12H19N5OS. The van der Waals surface area contributed by atoms with Crippen LogP contribution in [0.2, 0.25) is 0 Å². The summed E-state index contributed by atoms with van der Waals surface area (Å²) in [6.45, 7) is 0.697. The molecule has 1 amide bonds. The average Bonchev–Trinajstić information content (AvgIpc) is 3.18. The monoisotopic (exact) mass is 281 g/mol. The summed E-state index contributed by atoms with van der Waals surface area (Å²) in [5, 5.41) is 6.77. The predicted octanol–water partition coefficient (Wildman–Crippen LogP) is 1.25. The van der Waals surface area contributed by atoms with Gasteiger partial charge in [0.05, 0.1) is 0 Å². The van der Waals surface area contributed by atoms with Crippen molar-refractivity contribution in [3.63, 3.8) is 0 Å². The number of carbonyl (C=O) groups is 1. The highest BCUT2D eigenvalue weighted by atomic mass is 32.2. The van der Waals surface area contributed by atoms with Gasteiger partial charge in [0.15, 0.2) is 5.16 Å². The Morgan fingerprint density at radius 3 is 3.00 bits per heavy atom. The minimum Gasteiger partial charge on any atom is -0.383 e. The van der Waals surface area contributed by atoms with Gasteiger partial charge in [0.2, 0.25) is 5.91 Å². The molecule has 0 spiro atoms. The zero-order valence-electron chi connectivity index (χ0n) is 11.0. The molecule has 1 fully saturated rings. The number of nitrogens with two attached hydrogens (primary N) is 1. The molecule has 0 atom stereocenters. The van der Waals surface area contributed by atoms with Gasteiger partial charge in [0.1, 0.15) is 11.6 Å². The number of nitrogens with one attached hydrogen (secondary N) is 2.